The first-order chi connectivity index (χ1) is 12.1. The maximum absolute atomic E-state index is 11.8. The van der Waals surface area contributed by atoms with E-state index in [1.54, 1.807) is 0 Å². The molecule has 0 radical (unpaired) electrons. The van der Waals surface area contributed by atoms with Gasteiger partial charge in [-0.25, -0.2) is 0 Å². The highest BCUT2D eigenvalue weighted by molar-refractivity contribution is 7.16. The lowest BCUT2D eigenvalue weighted by molar-refractivity contribution is -0.141. The van der Waals surface area contributed by atoms with Crippen molar-refractivity contribution in [3.63, 3.8) is 0 Å². The standard InChI is InChI=1S/C19H19N3O2S/c1-13-8-10-15(11-9-13)14(2)20-21-19-22(12-18(23)24-3)16-6-4-5-7-17(16)25-19/h4-11H,12H2,1-3H3/b20-14-,21-19+. The largest absolute Gasteiger partial charge is 0.468 e. The van der Waals surface area contributed by atoms with Gasteiger partial charge in [0.1, 0.15) is 6.54 Å². The van der Waals surface area contributed by atoms with E-state index in [0.29, 0.717) is 4.80 Å². The Labute approximate surface area is 149 Å². The number of fused-ring (bicyclic) bond motifs is 1. The summed E-state index contributed by atoms with van der Waals surface area (Å²) in [6.07, 6.45) is 0. The average Bonchev–Trinajstić information content (AvgIpc) is 2.98. The minimum atomic E-state index is -0.316. The fraction of sp³-hybridized carbons (Fsp3) is 0.211. The predicted molar refractivity (Wildman–Crippen MR) is 101 cm³/mol. The monoisotopic (exact) mass is 353 g/mol. The summed E-state index contributed by atoms with van der Waals surface area (Å²) in [5, 5.41) is 8.75. The van der Waals surface area contributed by atoms with Gasteiger partial charge in [0.25, 0.3) is 0 Å². The van der Waals surface area contributed by atoms with Gasteiger partial charge in [0, 0.05) is 0 Å². The van der Waals surface area contributed by atoms with Gasteiger partial charge in [-0.3, -0.25) is 4.79 Å². The zero-order valence-electron chi connectivity index (χ0n) is 14.4. The number of hydrogen-bond acceptors (Lipinski definition) is 5. The minimum absolute atomic E-state index is 0.110. The smallest absolute Gasteiger partial charge is 0.325 e. The molecule has 0 N–H and O–H groups in total. The van der Waals surface area contributed by atoms with Crippen LogP contribution in [0.5, 0.6) is 0 Å². The van der Waals surface area contributed by atoms with Gasteiger partial charge < -0.3 is 9.30 Å². The number of aryl methyl sites for hydroxylation is 1. The van der Waals surface area contributed by atoms with E-state index in [4.69, 9.17) is 4.74 Å². The Kier molecular flexibility index (Phi) is 5.09. The molecule has 0 aliphatic heterocycles. The Bertz CT molecular complexity index is 997. The summed E-state index contributed by atoms with van der Waals surface area (Å²) in [4.78, 5) is 12.4. The quantitative estimate of drug-likeness (QED) is 0.409. The molecule has 3 aromatic rings. The van der Waals surface area contributed by atoms with Crippen LogP contribution in [0.25, 0.3) is 10.2 Å². The van der Waals surface area contributed by atoms with Gasteiger partial charge in [0.05, 0.1) is 23.0 Å². The van der Waals surface area contributed by atoms with E-state index in [0.717, 1.165) is 21.5 Å². The molecule has 3 rings (SSSR count). The van der Waals surface area contributed by atoms with E-state index in [1.807, 2.05) is 66.9 Å². The zero-order chi connectivity index (χ0) is 17.8. The summed E-state index contributed by atoms with van der Waals surface area (Å²) in [6, 6.07) is 16.0. The lowest BCUT2D eigenvalue weighted by atomic mass is 10.1. The molecule has 0 fully saturated rings. The molecule has 0 atom stereocenters. The Morgan fingerprint density at radius 1 is 1.16 bits per heavy atom. The van der Waals surface area contributed by atoms with Gasteiger partial charge in [0.2, 0.25) is 4.80 Å². The van der Waals surface area contributed by atoms with Crippen LogP contribution in [0, 0.1) is 6.92 Å². The van der Waals surface area contributed by atoms with Crippen molar-refractivity contribution in [2.45, 2.75) is 20.4 Å². The van der Waals surface area contributed by atoms with E-state index in [2.05, 4.69) is 10.2 Å². The summed E-state index contributed by atoms with van der Waals surface area (Å²) < 4.78 is 7.68. The SMILES string of the molecule is COC(=O)Cn1/c(=N\N=C(\C)c2ccc(C)cc2)sc2ccccc21. The van der Waals surface area contributed by atoms with E-state index in [1.165, 1.54) is 24.0 Å². The molecular weight excluding hydrogens is 334 g/mol. The second kappa shape index (κ2) is 7.44. The van der Waals surface area contributed by atoms with Crippen LogP contribution in [-0.4, -0.2) is 23.4 Å². The number of nitrogens with zero attached hydrogens (tertiary/aromatic N) is 3. The maximum Gasteiger partial charge on any atom is 0.325 e. The Morgan fingerprint density at radius 2 is 1.88 bits per heavy atom. The van der Waals surface area contributed by atoms with Crippen molar-refractivity contribution in [2.24, 2.45) is 10.2 Å². The van der Waals surface area contributed by atoms with E-state index >= 15 is 0 Å². The summed E-state index contributed by atoms with van der Waals surface area (Å²) in [7, 11) is 1.38. The minimum Gasteiger partial charge on any atom is -0.468 e. The average molecular weight is 353 g/mol. The molecule has 0 unspecified atom stereocenters. The van der Waals surface area contributed by atoms with E-state index in [9.17, 15) is 4.79 Å². The first-order valence-corrected chi connectivity index (χ1v) is 8.70. The molecule has 1 heterocycles. The van der Waals surface area contributed by atoms with Crippen molar-refractivity contribution < 1.29 is 9.53 Å². The van der Waals surface area contributed by atoms with Crippen LogP contribution >= 0.6 is 11.3 Å². The molecule has 0 aliphatic rings. The van der Waals surface area contributed by atoms with Crippen LogP contribution in [0.1, 0.15) is 18.1 Å². The third kappa shape index (κ3) is 3.85. The number of thiazole rings is 1. The second-order valence-electron chi connectivity index (χ2n) is 5.67. The summed E-state index contributed by atoms with van der Waals surface area (Å²) in [5.74, 6) is -0.316. The van der Waals surface area contributed by atoms with Crippen LogP contribution in [-0.2, 0) is 16.1 Å². The molecule has 0 aliphatic carbocycles. The molecule has 0 bridgehead atoms. The molecule has 25 heavy (non-hydrogen) atoms. The number of rotatable bonds is 4. The van der Waals surface area contributed by atoms with Crippen molar-refractivity contribution in [3.05, 3.63) is 64.5 Å². The number of esters is 1. The normalized spacial score (nSPS) is 12.6. The number of para-hydroxylation sites is 1. The van der Waals surface area contributed by atoms with Crippen molar-refractivity contribution in [3.8, 4) is 0 Å². The number of aromatic nitrogens is 1. The first kappa shape index (κ1) is 17.1. The van der Waals surface area contributed by atoms with E-state index < -0.39 is 0 Å². The van der Waals surface area contributed by atoms with Crippen molar-refractivity contribution in [1.82, 2.24) is 4.57 Å². The highest BCUT2D eigenvalue weighted by Crippen LogP contribution is 2.16. The summed E-state index contributed by atoms with van der Waals surface area (Å²) in [5.41, 5.74) is 3.99. The fourth-order valence-electron chi connectivity index (χ4n) is 2.41. The Morgan fingerprint density at radius 3 is 2.60 bits per heavy atom. The molecule has 0 amide bonds. The molecule has 0 spiro atoms. The van der Waals surface area contributed by atoms with Crippen LogP contribution in [0.15, 0.2) is 58.7 Å². The number of carbonyl (C=O) groups is 1. The maximum atomic E-state index is 11.8. The zero-order valence-corrected chi connectivity index (χ0v) is 15.2. The lowest BCUT2D eigenvalue weighted by Crippen LogP contribution is -2.21. The third-order valence-corrected chi connectivity index (χ3v) is 4.91. The number of carbonyl (C=O) groups excluding carboxylic acids is 1. The van der Waals surface area contributed by atoms with Gasteiger partial charge >= 0.3 is 5.97 Å². The Balaban J connectivity index is 2.05. The fourth-order valence-corrected chi connectivity index (χ4v) is 3.39. The molecule has 5 nitrogen and oxygen atoms in total. The van der Waals surface area contributed by atoms with Crippen LogP contribution in [0.3, 0.4) is 0 Å². The van der Waals surface area contributed by atoms with Crippen molar-refractivity contribution in [2.75, 3.05) is 7.11 Å². The Hall–Kier alpha value is -2.73. The number of benzene rings is 2. The topological polar surface area (TPSA) is 56.0 Å². The van der Waals surface area contributed by atoms with Crippen molar-refractivity contribution in [1.29, 1.82) is 0 Å². The molecule has 1 aromatic heterocycles. The molecule has 128 valence electrons. The second-order valence-corrected chi connectivity index (χ2v) is 6.68. The molecule has 0 saturated heterocycles. The molecule has 2 aromatic carbocycles. The van der Waals surface area contributed by atoms with Crippen molar-refractivity contribution >= 4 is 33.2 Å². The van der Waals surface area contributed by atoms with Gasteiger partial charge in [0.15, 0.2) is 0 Å². The summed E-state index contributed by atoms with van der Waals surface area (Å²) >= 11 is 1.50. The first-order valence-electron chi connectivity index (χ1n) is 7.89. The van der Waals surface area contributed by atoms with Gasteiger partial charge in [-0.05, 0) is 31.5 Å². The summed E-state index contributed by atoms with van der Waals surface area (Å²) in [6.45, 7) is 4.08. The van der Waals surface area contributed by atoms with Crippen LogP contribution < -0.4 is 4.80 Å². The van der Waals surface area contributed by atoms with E-state index in [-0.39, 0.29) is 12.5 Å². The number of ether oxygens (including phenoxy) is 1. The molecule has 0 saturated carbocycles. The van der Waals surface area contributed by atoms with Gasteiger partial charge in [-0.15, -0.1) is 5.10 Å². The number of hydrogen-bond donors (Lipinski definition) is 0. The number of methoxy groups -OCH3 is 1. The highest BCUT2D eigenvalue weighted by Gasteiger charge is 2.10. The highest BCUT2D eigenvalue weighted by atomic mass is 32.1. The molecule has 6 heteroatoms. The lowest BCUT2D eigenvalue weighted by Gasteiger charge is -2.03. The third-order valence-electron chi connectivity index (χ3n) is 3.86. The van der Waals surface area contributed by atoms with Gasteiger partial charge in [-0.1, -0.05) is 53.3 Å². The van der Waals surface area contributed by atoms with Crippen LogP contribution in [0.4, 0.5) is 0 Å². The predicted octanol–water partition coefficient (Wildman–Crippen LogP) is 3.51. The molecular formula is C19H19N3O2S. The van der Waals surface area contributed by atoms with Crippen LogP contribution in [0.2, 0.25) is 0 Å². The van der Waals surface area contributed by atoms with Gasteiger partial charge in [-0.2, -0.15) is 5.10 Å².